The van der Waals surface area contributed by atoms with Crippen LogP contribution in [0.25, 0.3) is 11.3 Å². The molecule has 2 amide bonds. The average Bonchev–Trinajstić information content (AvgIpc) is 3.44. The van der Waals surface area contributed by atoms with E-state index in [-0.39, 0.29) is 17.9 Å². The summed E-state index contributed by atoms with van der Waals surface area (Å²) in [5.41, 5.74) is 9.82. The summed E-state index contributed by atoms with van der Waals surface area (Å²) >= 11 is 0. The van der Waals surface area contributed by atoms with Crippen molar-refractivity contribution in [3.05, 3.63) is 111 Å². The maximum absolute atomic E-state index is 14.6. The van der Waals surface area contributed by atoms with Gasteiger partial charge in [-0.25, -0.2) is 0 Å². The van der Waals surface area contributed by atoms with Crippen molar-refractivity contribution in [3.8, 4) is 17.0 Å². The molecule has 268 valence electrons. The Balaban J connectivity index is 1.10. The number of nitrogens with zero attached hydrogens (tertiary/aromatic N) is 4. The molecule has 0 aliphatic carbocycles. The number of ether oxygens (including phenoxy) is 2. The Kier molecular flexibility index (Phi) is 10.3. The second-order valence-corrected chi connectivity index (χ2v) is 14.4. The molecule has 0 saturated carbocycles. The molecule has 3 aliphatic heterocycles. The molecule has 7 rings (SSSR count). The molecule has 9 nitrogen and oxygen atoms in total. The molecular weight excluding hydrogens is 640 g/mol. The van der Waals surface area contributed by atoms with Gasteiger partial charge in [0.25, 0.3) is 5.91 Å². The Morgan fingerprint density at radius 2 is 1.69 bits per heavy atom. The average molecular weight is 691 g/mol. The Morgan fingerprint density at radius 3 is 2.41 bits per heavy atom. The summed E-state index contributed by atoms with van der Waals surface area (Å²) in [6.45, 7) is 12.5. The first-order valence-corrected chi connectivity index (χ1v) is 18.3. The number of hydrogen-bond donors (Lipinski definition) is 1. The van der Waals surface area contributed by atoms with Gasteiger partial charge in [-0.15, -0.1) is 0 Å². The van der Waals surface area contributed by atoms with Crippen LogP contribution in [0, 0.1) is 6.92 Å². The fourth-order valence-electron chi connectivity index (χ4n) is 7.83. The molecule has 3 aromatic carbocycles. The number of carbonyl (C=O) groups is 2. The molecular formula is C42H50N4O5. The van der Waals surface area contributed by atoms with Crippen LogP contribution < -0.4 is 4.74 Å². The van der Waals surface area contributed by atoms with Crippen LogP contribution in [-0.4, -0.2) is 88.2 Å². The van der Waals surface area contributed by atoms with Crippen molar-refractivity contribution in [1.29, 1.82) is 0 Å². The van der Waals surface area contributed by atoms with Gasteiger partial charge in [-0.1, -0.05) is 36.4 Å². The fourth-order valence-corrected chi connectivity index (χ4v) is 7.83. The lowest BCUT2D eigenvalue weighted by Gasteiger charge is -2.36. The summed E-state index contributed by atoms with van der Waals surface area (Å²) in [5.74, 6) is 0.863. The van der Waals surface area contributed by atoms with Crippen LogP contribution in [0.15, 0.2) is 66.7 Å². The van der Waals surface area contributed by atoms with Gasteiger partial charge in [0.2, 0.25) is 5.91 Å². The van der Waals surface area contributed by atoms with Crippen molar-refractivity contribution in [2.75, 3.05) is 46.0 Å². The van der Waals surface area contributed by atoms with Crippen molar-refractivity contribution in [3.63, 3.8) is 0 Å². The van der Waals surface area contributed by atoms with Gasteiger partial charge >= 0.3 is 0 Å². The molecule has 1 saturated heterocycles. The molecule has 51 heavy (non-hydrogen) atoms. The largest absolute Gasteiger partial charge is 0.492 e. The van der Waals surface area contributed by atoms with Gasteiger partial charge in [0.15, 0.2) is 0 Å². The van der Waals surface area contributed by atoms with Gasteiger partial charge in [-0.05, 0) is 91.8 Å². The van der Waals surface area contributed by atoms with Gasteiger partial charge in [0.05, 0.1) is 25.7 Å². The molecule has 0 bridgehead atoms. The highest BCUT2D eigenvalue weighted by Crippen LogP contribution is 2.36. The SMILES string of the molecule is Cc1c(C(C)O)cc(-c2cc3c(cc2C(=O)N2Cc4ccccc4CC2C)CN(C(=O)Cc2ccc(OCCN4CCOCC4)cc2)CC3)n1C. The van der Waals surface area contributed by atoms with Crippen LogP contribution in [0.2, 0.25) is 0 Å². The zero-order valence-electron chi connectivity index (χ0n) is 30.4. The third-order valence-corrected chi connectivity index (χ3v) is 11.1. The van der Waals surface area contributed by atoms with E-state index in [2.05, 4.69) is 40.7 Å². The minimum absolute atomic E-state index is 0.0112. The minimum Gasteiger partial charge on any atom is -0.492 e. The maximum atomic E-state index is 14.6. The normalized spacial score (nSPS) is 18.3. The first kappa shape index (κ1) is 35.0. The number of aliphatic hydroxyl groups is 1. The lowest BCUT2D eigenvalue weighted by atomic mass is 9.89. The molecule has 2 atom stereocenters. The van der Waals surface area contributed by atoms with Gasteiger partial charge in [-0.3, -0.25) is 14.5 Å². The van der Waals surface area contributed by atoms with E-state index in [1.807, 2.05) is 66.2 Å². The molecule has 0 radical (unpaired) electrons. The quantitative estimate of drug-likeness (QED) is 0.251. The Labute approximate surface area is 301 Å². The van der Waals surface area contributed by atoms with E-state index in [9.17, 15) is 14.7 Å². The van der Waals surface area contributed by atoms with Crippen molar-refractivity contribution in [1.82, 2.24) is 19.3 Å². The van der Waals surface area contributed by atoms with Crippen LogP contribution in [-0.2, 0) is 48.9 Å². The lowest BCUT2D eigenvalue weighted by molar-refractivity contribution is -0.131. The van der Waals surface area contributed by atoms with Gasteiger partial charge in [0.1, 0.15) is 12.4 Å². The van der Waals surface area contributed by atoms with Crippen LogP contribution >= 0.6 is 0 Å². The maximum Gasteiger partial charge on any atom is 0.255 e. The van der Waals surface area contributed by atoms with E-state index in [1.54, 1.807) is 6.92 Å². The Hall–Kier alpha value is -4.44. The zero-order chi connectivity index (χ0) is 35.6. The standard InChI is InChI=1S/C42H50N4O5/c1-28-21-32-7-5-6-8-34(32)27-46(28)42(49)39-24-35-26-45(14-13-33(35)23-38(39)40-25-37(30(3)47)29(2)43(40)4)41(48)22-31-9-11-36(12-10-31)51-20-17-44-15-18-50-19-16-44/h5-12,23-25,28,30,47H,13-22,26-27H2,1-4H3. The van der Waals surface area contributed by atoms with Crippen LogP contribution in [0.5, 0.6) is 5.75 Å². The number of morpholine rings is 1. The lowest BCUT2D eigenvalue weighted by Crippen LogP contribution is -2.43. The molecule has 1 aromatic heterocycles. The van der Waals surface area contributed by atoms with Crippen LogP contribution in [0.1, 0.15) is 69.4 Å². The molecule has 2 unspecified atom stereocenters. The molecule has 4 aromatic rings. The van der Waals surface area contributed by atoms with Gasteiger partial charge in [-0.2, -0.15) is 0 Å². The van der Waals surface area contributed by atoms with Crippen molar-refractivity contribution >= 4 is 11.8 Å². The zero-order valence-corrected chi connectivity index (χ0v) is 30.4. The fraction of sp³-hybridized carbons (Fsp3) is 0.429. The number of fused-ring (bicyclic) bond motifs is 2. The summed E-state index contributed by atoms with van der Waals surface area (Å²) in [4.78, 5) is 34.5. The highest BCUT2D eigenvalue weighted by Gasteiger charge is 2.32. The molecule has 0 spiro atoms. The summed E-state index contributed by atoms with van der Waals surface area (Å²) in [6, 6.07) is 22.5. The Bertz CT molecular complexity index is 1890. The smallest absolute Gasteiger partial charge is 0.255 e. The highest BCUT2D eigenvalue weighted by atomic mass is 16.5. The Morgan fingerprint density at radius 1 is 0.941 bits per heavy atom. The summed E-state index contributed by atoms with van der Waals surface area (Å²) < 4.78 is 13.5. The van der Waals surface area contributed by atoms with Crippen molar-refractivity contribution < 1.29 is 24.2 Å². The molecule has 4 heterocycles. The highest BCUT2D eigenvalue weighted by molar-refractivity contribution is 6.01. The minimum atomic E-state index is -0.621. The van der Waals surface area contributed by atoms with Crippen molar-refractivity contribution in [2.45, 2.75) is 65.3 Å². The summed E-state index contributed by atoms with van der Waals surface area (Å²) in [7, 11) is 1.99. The van der Waals surface area contributed by atoms with E-state index in [0.717, 1.165) is 84.2 Å². The van der Waals surface area contributed by atoms with E-state index in [4.69, 9.17) is 9.47 Å². The second kappa shape index (κ2) is 15.0. The number of hydrogen-bond acceptors (Lipinski definition) is 6. The monoisotopic (exact) mass is 690 g/mol. The third-order valence-electron chi connectivity index (χ3n) is 11.1. The molecule has 1 N–H and O–H groups in total. The number of aromatic nitrogens is 1. The predicted molar refractivity (Wildman–Crippen MR) is 198 cm³/mol. The molecule has 1 fully saturated rings. The topological polar surface area (TPSA) is 87.5 Å². The van der Waals surface area contributed by atoms with E-state index in [0.29, 0.717) is 44.6 Å². The number of carbonyl (C=O) groups excluding carboxylic acids is 2. The number of benzene rings is 3. The van der Waals surface area contributed by atoms with Crippen molar-refractivity contribution in [2.24, 2.45) is 7.05 Å². The first-order valence-electron chi connectivity index (χ1n) is 18.3. The number of aliphatic hydroxyl groups excluding tert-OH is 1. The molecule has 9 heteroatoms. The van der Waals surface area contributed by atoms with Gasteiger partial charge < -0.3 is 28.9 Å². The number of amides is 2. The van der Waals surface area contributed by atoms with E-state index >= 15 is 0 Å². The van der Waals surface area contributed by atoms with Crippen LogP contribution in [0.4, 0.5) is 0 Å². The van der Waals surface area contributed by atoms with E-state index < -0.39 is 6.10 Å². The summed E-state index contributed by atoms with van der Waals surface area (Å²) in [5, 5.41) is 10.5. The molecule has 3 aliphatic rings. The second-order valence-electron chi connectivity index (χ2n) is 14.4. The van der Waals surface area contributed by atoms with E-state index in [1.165, 1.54) is 11.1 Å². The predicted octanol–water partition coefficient (Wildman–Crippen LogP) is 5.48. The number of rotatable bonds is 9. The van der Waals surface area contributed by atoms with Crippen LogP contribution in [0.3, 0.4) is 0 Å². The first-order chi connectivity index (χ1) is 24.7. The summed E-state index contributed by atoms with van der Waals surface area (Å²) in [6.07, 6.45) is 1.20. The third kappa shape index (κ3) is 7.47. The van der Waals surface area contributed by atoms with Gasteiger partial charge in [0, 0.05) is 80.4 Å².